The Morgan fingerprint density at radius 3 is 2.68 bits per heavy atom. The second-order valence-corrected chi connectivity index (χ2v) is 11.1. The van der Waals surface area contributed by atoms with Crippen LogP contribution in [-0.2, 0) is 30.6 Å². The van der Waals surface area contributed by atoms with Crippen LogP contribution in [0.5, 0.6) is 0 Å². The van der Waals surface area contributed by atoms with E-state index in [1.54, 1.807) is 15.9 Å². The molecule has 0 saturated carbocycles. The average Bonchev–Trinajstić information content (AvgIpc) is 3.10. The first-order chi connectivity index (χ1) is 14.8. The molecule has 31 heavy (non-hydrogen) atoms. The zero-order valence-electron chi connectivity index (χ0n) is 18.4. The van der Waals surface area contributed by atoms with Gasteiger partial charge < -0.3 is 5.32 Å². The predicted octanol–water partition coefficient (Wildman–Crippen LogP) is 4.59. The molecule has 1 amide bonds. The van der Waals surface area contributed by atoms with E-state index in [1.165, 1.54) is 34.2 Å². The van der Waals surface area contributed by atoms with Crippen molar-refractivity contribution in [3.63, 3.8) is 0 Å². The van der Waals surface area contributed by atoms with Crippen molar-refractivity contribution in [2.24, 2.45) is 0 Å². The van der Waals surface area contributed by atoms with Crippen LogP contribution in [0.25, 0.3) is 10.2 Å². The minimum Gasteiger partial charge on any atom is -0.351 e. The van der Waals surface area contributed by atoms with Crippen molar-refractivity contribution in [3.05, 3.63) is 56.7 Å². The molecule has 5 nitrogen and oxygen atoms in total. The first-order valence-corrected chi connectivity index (χ1v) is 12.6. The van der Waals surface area contributed by atoms with Crippen LogP contribution < -0.4 is 10.9 Å². The number of carbonyl (C=O) groups is 1. The van der Waals surface area contributed by atoms with E-state index in [2.05, 4.69) is 17.4 Å². The number of nitrogens with zero attached hydrogens (tertiary/aromatic N) is 2. The minimum atomic E-state index is -0.283. The summed E-state index contributed by atoms with van der Waals surface area (Å²) in [6.07, 6.45) is 5.06. The quantitative estimate of drug-likeness (QED) is 0.436. The number of hydrogen-bond donors (Lipinski definition) is 1. The normalized spacial score (nSPS) is 13.9. The summed E-state index contributed by atoms with van der Waals surface area (Å²) in [6.45, 7) is 6.45. The smallest absolute Gasteiger partial charge is 0.263 e. The lowest BCUT2D eigenvalue weighted by Gasteiger charge is -2.20. The van der Waals surface area contributed by atoms with Crippen LogP contribution >= 0.6 is 23.1 Å². The van der Waals surface area contributed by atoms with Crippen molar-refractivity contribution < 1.29 is 4.79 Å². The highest BCUT2D eigenvalue weighted by atomic mass is 32.2. The second kappa shape index (κ2) is 9.17. The SMILES string of the molecule is CC(C)(C)NC(=O)CSc1nc2sc3c(c2c(=O)n1CCc1ccccc1)CCCC3. The Morgan fingerprint density at radius 1 is 1.19 bits per heavy atom. The highest BCUT2D eigenvalue weighted by Gasteiger charge is 2.23. The van der Waals surface area contributed by atoms with Gasteiger partial charge in [-0.05, 0) is 64.0 Å². The summed E-state index contributed by atoms with van der Waals surface area (Å²) in [7, 11) is 0. The fourth-order valence-corrected chi connectivity index (χ4v) is 6.13. The number of fused-ring (bicyclic) bond motifs is 3. The molecule has 0 atom stereocenters. The molecule has 3 aromatic rings. The fourth-order valence-electron chi connectivity index (χ4n) is 4.00. The largest absolute Gasteiger partial charge is 0.351 e. The maximum atomic E-state index is 13.6. The van der Waals surface area contributed by atoms with Gasteiger partial charge in [0, 0.05) is 17.0 Å². The molecule has 0 aliphatic heterocycles. The van der Waals surface area contributed by atoms with E-state index in [4.69, 9.17) is 4.98 Å². The molecule has 0 spiro atoms. The molecule has 0 radical (unpaired) electrons. The highest BCUT2D eigenvalue weighted by molar-refractivity contribution is 7.99. The first kappa shape index (κ1) is 22.1. The van der Waals surface area contributed by atoms with E-state index >= 15 is 0 Å². The lowest BCUT2D eigenvalue weighted by molar-refractivity contribution is -0.119. The number of thiophene rings is 1. The zero-order valence-corrected chi connectivity index (χ0v) is 20.0. The molecule has 0 bridgehead atoms. The van der Waals surface area contributed by atoms with Gasteiger partial charge in [0.05, 0.1) is 11.1 Å². The van der Waals surface area contributed by atoms with E-state index in [1.807, 2.05) is 39.0 Å². The molecule has 1 aliphatic carbocycles. The van der Waals surface area contributed by atoms with Crippen molar-refractivity contribution in [2.45, 2.75) is 70.1 Å². The van der Waals surface area contributed by atoms with Gasteiger partial charge in [0.15, 0.2) is 5.16 Å². The Bertz CT molecular complexity index is 1140. The Labute approximate surface area is 191 Å². The predicted molar refractivity (Wildman–Crippen MR) is 129 cm³/mol. The van der Waals surface area contributed by atoms with E-state index in [0.717, 1.165) is 35.9 Å². The summed E-state index contributed by atoms with van der Waals surface area (Å²) < 4.78 is 1.78. The molecule has 0 saturated heterocycles. The number of amides is 1. The Hall–Kier alpha value is -2.12. The number of thioether (sulfide) groups is 1. The lowest BCUT2D eigenvalue weighted by Crippen LogP contribution is -2.41. The van der Waals surface area contributed by atoms with Crippen molar-refractivity contribution in [3.8, 4) is 0 Å². The van der Waals surface area contributed by atoms with Gasteiger partial charge in [0.2, 0.25) is 5.91 Å². The number of carbonyl (C=O) groups excluding carboxylic acids is 1. The van der Waals surface area contributed by atoms with Gasteiger partial charge in [0.25, 0.3) is 5.56 Å². The monoisotopic (exact) mass is 455 g/mol. The summed E-state index contributed by atoms with van der Waals surface area (Å²) in [4.78, 5) is 33.0. The average molecular weight is 456 g/mol. The summed E-state index contributed by atoms with van der Waals surface area (Å²) in [5, 5.41) is 4.42. The van der Waals surface area contributed by atoms with Gasteiger partial charge in [-0.15, -0.1) is 11.3 Å². The standard InChI is InChI=1S/C24H29N3O2S2/c1-24(2,3)26-19(28)15-30-23-25-21-20(17-11-7-8-12-18(17)31-21)22(29)27(23)14-13-16-9-5-4-6-10-16/h4-6,9-10H,7-8,11-15H2,1-3H3,(H,26,28). The molecule has 7 heteroatoms. The number of aromatic nitrogens is 2. The number of rotatable bonds is 6. The van der Waals surface area contributed by atoms with Gasteiger partial charge in [-0.1, -0.05) is 42.1 Å². The van der Waals surface area contributed by atoms with Crippen molar-refractivity contribution in [2.75, 3.05) is 5.75 Å². The van der Waals surface area contributed by atoms with Crippen molar-refractivity contribution in [1.82, 2.24) is 14.9 Å². The summed E-state index contributed by atoms with van der Waals surface area (Å²) in [5.74, 6) is 0.193. The van der Waals surface area contributed by atoms with Gasteiger partial charge in [-0.3, -0.25) is 14.2 Å². The van der Waals surface area contributed by atoms with E-state index in [0.29, 0.717) is 11.7 Å². The molecular weight excluding hydrogens is 426 g/mol. The van der Waals surface area contributed by atoms with Gasteiger partial charge >= 0.3 is 0 Å². The number of hydrogen-bond acceptors (Lipinski definition) is 5. The van der Waals surface area contributed by atoms with E-state index < -0.39 is 0 Å². The van der Waals surface area contributed by atoms with Crippen LogP contribution in [0.2, 0.25) is 0 Å². The maximum Gasteiger partial charge on any atom is 0.263 e. The highest BCUT2D eigenvalue weighted by Crippen LogP contribution is 2.34. The van der Waals surface area contributed by atoms with Crippen molar-refractivity contribution in [1.29, 1.82) is 0 Å². The topological polar surface area (TPSA) is 64.0 Å². The second-order valence-electron chi connectivity index (χ2n) is 9.06. The van der Waals surface area contributed by atoms with Gasteiger partial charge in [-0.25, -0.2) is 4.98 Å². The lowest BCUT2D eigenvalue weighted by atomic mass is 9.97. The number of benzene rings is 1. The number of aryl methyl sites for hydroxylation is 3. The summed E-state index contributed by atoms with van der Waals surface area (Å²) in [6, 6.07) is 10.2. The van der Waals surface area contributed by atoms with E-state index in [-0.39, 0.29) is 22.8 Å². The Balaban J connectivity index is 1.68. The van der Waals surface area contributed by atoms with Gasteiger partial charge in [-0.2, -0.15) is 0 Å². The molecule has 1 aromatic carbocycles. The summed E-state index contributed by atoms with van der Waals surface area (Å²) in [5.41, 5.74) is 2.15. The summed E-state index contributed by atoms with van der Waals surface area (Å²) >= 11 is 3.01. The van der Waals surface area contributed by atoms with Crippen molar-refractivity contribution >= 4 is 39.2 Å². The fraction of sp³-hybridized carbons (Fsp3) is 0.458. The molecule has 2 aromatic heterocycles. The van der Waals surface area contributed by atoms with Crippen LogP contribution in [0.1, 0.15) is 49.6 Å². The van der Waals surface area contributed by atoms with Crippen LogP contribution in [0.4, 0.5) is 0 Å². The van der Waals surface area contributed by atoms with Gasteiger partial charge in [0.1, 0.15) is 4.83 Å². The molecule has 4 rings (SSSR count). The molecule has 0 fully saturated rings. The molecule has 0 unspecified atom stereocenters. The number of nitrogens with one attached hydrogen (secondary N) is 1. The van der Waals surface area contributed by atoms with Crippen LogP contribution in [-0.4, -0.2) is 26.8 Å². The van der Waals surface area contributed by atoms with Crippen LogP contribution in [0.15, 0.2) is 40.3 Å². The maximum absolute atomic E-state index is 13.6. The third-order valence-corrected chi connectivity index (χ3v) is 7.52. The Morgan fingerprint density at radius 2 is 1.94 bits per heavy atom. The third kappa shape index (κ3) is 5.21. The molecule has 1 aliphatic rings. The first-order valence-electron chi connectivity index (χ1n) is 10.8. The molecule has 1 N–H and O–H groups in total. The molecule has 2 heterocycles. The zero-order chi connectivity index (χ0) is 22.0. The molecule has 164 valence electrons. The molecular formula is C24H29N3O2S2. The van der Waals surface area contributed by atoms with Crippen LogP contribution in [0, 0.1) is 0 Å². The van der Waals surface area contributed by atoms with Crippen LogP contribution in [0.3, 0.4) is 0 Å². The third-order valence-electron chi connectivity index (χ3n) is 5.35. The Kier molecular flexibility index (Phi) is 6.53. The minimum absolute atomic E-state index is 0.0408. The van der Waals surface area contributed by atoms with E-state index in [9.17, 15) is 9.59 Å².